The van der Waals surface area contributed by atoms with E-state index in [2.05, 4.69) is 64.7 Å². The summed E-state index contributed by atoms with van der Waals surface area (Å²) in [5, 5.41) is 3.40. The minimum atomic E-state index is 0.413. The van der Waals surface area contributed by atoms with Crippen molar-refractivity contribution < 1.29 is 0 Å². The van der Waals surface area contributed by atoms with Gasteiger partial charge in [0.15, 0.2) is 0 Å². The second-order valence-corrected chi connectivity index (χ2v) is 5.13. The molecule has 3 heteroatoms. The molecule has 0 aliphatic rings. The summed E-state index contributed by atoms with van der Waals surface area (Å²) in [5.41, 5.74) is 2.66. The number of hydrogen-bond donors (Lipinski definition) is 1. The number of rotatable bonds is 7. The molecule has 0 saturated carbocycles. The average Bonchev–Trinajstić information content (AvgIpc) is 2.50. The van der Waals surface area contributed by atoms with Crippen LogP contribution in [0.25, 0.3) is 0 Å². The van der Waals surface area contributed by atoms with E-state index in [0.717, 1.165) is 19.5 Å². The van der Waals surface area contributed by atoms with E-state index >= 15 is 0 Å². The SMILES string of the molecule is CNC(CCN(C)Cc1ccncc1)c1ccccc1. The van der Waals surface area contributed by atoms with E-state index in [-0.39, 0.29) is 0 Å². The van der Waals surface area contributed by atoms with Gasteiger partial charge in [-0.15, -0.1) is 0 Å². The molecule has 3 nitrogen and oxygen atoms in total. The zero-order chi connectivity index (χ0) is 14.2. The van der Waals surface area contributed by atoms with Crippen molar-refractivity contribution in [3.8, 4) is 0 Å². The monoisotopic (exact) mass is 269 g/mol. The van der Waals surface area contributed by atoms with E-state index in [4.69, 9.17) is 0 Å². The van der Waals surface area contributed by atoms with E-state index in [0.29, 0.717) is 6.04 Å². The van der Waals surface area contributed by atoms with Crippen LogP contribution in [0.2, 0.25) is 0 Å². The van der Waals surface area contributed by atoms with Crippen LogP contribution in [0.15, 0.2) is 54.9 Å². The molecule has 20 heavy (non-hydrogen) atoms. The largest absolute Gasteiger partial charge is 0.313 e. The van der Waals surface area contributed by atoms with E-state index in [1.165, 1.54) is 11.1 Å². The predicted octanol–water partition coefficient (Wildman–Crippen LogP) is 2.86. The maximum absolute atomic E-state index is 4.05. The molecule has 0 fully saturated rings. The van der Waals surface area contributed by atoms with Crippen molar-refractivity contribution in [2.24, 2.45) is 0 Å². The van der Waals surface area contributed by atoms with Crippen LogP contribution < -0.4 is 5.32 Å². The van der Waals surface area contributed by atoms with E-state index < -0.39 is 0 Å². The molecule has 0 aliphatic heterocycles. The highest BCUT2D eigenvalue weighted by Crippen LogP contribution is 2.16. The number of hydrogen-bond acceptors (Lipinski definition) is 3. The summed E-state index contributed by atoms with van der Waals surface area (Å²) in [7, 11) is 4.19. The zero-order valence-corrected chi connectivity index (χ0v) is 12.3. The van der Waals surface area contributed by atoms with Gasteiger partial charge in [0.1, 0.15) is 0 Å². The molecule has 1 heterocycles. The summed E-state index contributed by atoms with van der Waals surface area (Å²) in [6.45, 7) is 2.02. The van der Waals surface area contributed by atoms with E-state index in [9.17, 15) is 0 Å². The molecular formula is C17H23N3. The zero-order valence-electron chi connectivity index (χ0n) is 12.3. The molecule has 2 aromatic rings. The molecule has 0 amide bonds. The van der Waals surface area contributed by atoms with Crippen LogP contribution in [0.1, 0.15) is 23.6 Å². The summed E-state index contributed by atoms with van der Waals surface area (Å²) in [5.74, 6) is 0. The molecule has 1 unspecified atom stereocenters. The van der Waals surface area contributed by atoms with Gasteiger partial charge in [-0.25, -0.2) is 0 Å². The van der Waals surface area contributed by atoms with Crippen LogP contribution >= 0.6 is 0 Å². The Bertz CT molecular complexity index is 484. The normalized spacial score (nSPS) is 12.6. The van der Waals surface area contributed by atoms with E-state index in [1.54, 1.807) is 0 Å². The Labute approximate surface area is 121 Å². The smallest absolute Gasteiger partial charge is 0.0329 e. The van der Waals surface area contributed by atoms with Gasteiger partial charge in [-0.2, -0.15) is 0 Å². The third-order valence-corrected chi connectivity index (χ3v) is 3.55. The number of pyridine rings is 1. The first-order chi connectivity index (χ1) is 9.79. The third kappa shape index (κ3) is 4.44. The minimum absolute atomic E-state index is 0.413. The summed E-state index contributed by atoms with van der Waals surface area (Å²) < 4.78 is 0. The molecule has 106 valence electrons. The quantitative estimate of drug-likeness (QED) is 0.837. The molecule has 0 radical (unpaired) electrons. The fourth-order valence-corrected chi connectivity index (χ4v) is 2.39. The lowest BCUT2D eigenvalue weighted by Gasteiger charge is -2.21. The first-order valence-corrected chi connectivity index (χ1v) is 7.09. The third-order valence-electron chi connectivity index (χ3n) is 3.55. The van der Waals surface area contributed by atoms with Crippen LogP contribution in [0.3, 0.4) is 0 Å². The summed E-state index contributed by atoms with van der Waals surface area (Å²) in [6, 6.07) is 15.2. The highest BCUT2D eigenvalue weighted by atomic mass is 15.1. The van der Waals surface area contributed by atoms with Gasteiger partial charge in [0.2, 0.25) is 0 Å². The Kier molecular flexibility index (Phi) is 5.71. The van der Waals surface area contributed by atoms with Crippen molar-refractivity contribution in [1.29, 1.82) is 0 Å². The molecule has 2 rings (SSSR count). The molecule has 0 bridgehead atoms. The summed E-state index contributed by atoms with van der Waals surface area (Å²) >= 11 is 0. The summed E-state index contributed by atoms with van der Waals surface area (Å²) in [6.07, 6.45) is 4.80. The molecule has 1 aromatic heterocycles. The molecule has 0 saturated heterocycles. The van der Waals surface area contributed by atoms with Gasteiger partial charge >= 0.3 is 0 Å². The van der Waals surface area contributed by atoms with Crippen LogP contribution in [-0.2, 0) is 6.54 Å². The number of nitrogens with one attached hydrogen (secondary N) is 1. The van der Waals surface area contributed by atoms with Crippen LogP contribution in [-0.4, -0.2) is 30.5 Å². The Hall–Kier alpha value is -1.71. The highest BCUT2D eigenvalue weighted by molar-refractivity contribution is 5.18. The number of aromatic nitrogens is 1. The Morgan fingerprint density at radius 2 is 1.80 bits per heavy atom. The second kappa shape index (κ2) is 7.78. The first kappa shape index (κ1) is 14.7. The van der Waals surface area contributed by atoms with Crippen molar-refractivity contribution in [3.05, 3.63) is 66.0 Å². The Morgan fingerprint density at radius 3 is 2.45 bits per heavy atom. The van der Waals surface area contributed by atoms with Crippen molar-refractivity contribution in [2.75, 3.05) is 20.6 Å². The topological polar surface area (TPSA) is 28.2 Å². The maximum atomic E-state index is 4.05. The molecule has 1 atom stereocenters. The highest BCUT2D eigenvalue weighted by Gasteiger charge is 2.10. The first-order valence-electron chi connectivity index (χ1n) is 7.09. The average molecular weight is 269 g/mol. The maximum Gasteiger partial charge on any atom is 0.0329 e. The van der Waals surface area contributed by atoms with Crippen LogP contribution in [0, 0.1) is 0 Å². The molecule has 1 aromatic carbocycles. The van der Waals surface area contributed by atoms with Crippen LogP contribution in [0.4, 0.5) is 0 Å². The van der Waals surface area contributed by atoms with Crippen molar-refractivity contribution in [2.45, 2.75) is 19.0 Å². The van der Waals surface area contributed by atoms with Crippen molar-refractivity contribution in [3.63, 3.8) is 0 Å². The Balaban J connectivity index is 1.84. The molecule has 0 spiro atoms. The predicted molar refractivity (Wildman–Crippen MR) is 83.4 cm³/mol. The Morgan fingerprint density at radius 1 is 1.10 bits per heavy atom. The fourth-order valence-electron chi connectivity index (χ4n) is 2.39. The van der Waals surface area contributed by atoms with Gasteiger partial charge in [0.05, 0.1) is 0 Å². The number of benzene rings is 1. The van der Waals surface area contributed by atoms with Crippen molar-refractivity contribution in [1.82, 2.24) is 15.2 Å². The summed E-state index contributed by atoms with van der Waals surface area (Å²) in [4.78, 5) is 6.40. The van der Waals surface area contributed by atoms with Gasteiger partial charge in [0, 0.05) is 25.0 Å². The lowest BCUT2D eigenvalue weighted by molar-refractivity contribution is 0.304. The second-order valence-electron chi connectivity index (χ2n) is 5.13. The molecular weight excluding hydrogens is 246 g/mol. The van der Waals surface area contributed by atoms with Gasteiger partial charge in [-0.1, -0.05) is 30.3 Å². The van der Waals surface area contributed by atoms with Gasteiger partial charge < -0.3 is 10.2 Å². The molecule has 0 aliphatic carbocycles. The molecule has 1 N–H and O–H groups in total. The van der Waals surface area contributed by atoms with Gasteiger partial charge in [0.25, 0.3) is 0 Å². The number of nitrogens with zero attached hydrogens (tertiary/aromatic N) is 2. The van der Waals surface area contributed by atoms with Crippen LogP contribution in [0.5, 0.6) is 0 Å². The lowest BCUT2D eigenvalue weighted by atomic mass is 10.0. The minimum Gasteiger partial charge on any atom is -0.313 e. The standard InChI is InChI=1S/C17H23N3/c1-18-17(16-6-4-3-5-7-16)10-13-20(2)14-15-8-11-19-12-9-15/h3-9,11-12,17-18H,10,13-14H2,1-2H3. The fraction of sp³-hybridized carbons (Fsp3) is 0.353. The van der Waals surface area contributed by atoms with Gasteiger partial charge in [-0.05, 0) is 50.3 Å². The lowest BCUT2D eigenvalue weighted by Crippen LogP contribution is -2.25. The van der Waals surface area contributed by atoms with Gasteiger partial charge in [-0.3, -0.25) is 4.98 Å². The van der Waals surface area contributed by atoms with E-state index in [1.807, 2.05) is 19.4 Å². The van der Waals surface area contributed by atoms with Crippen molar-refractivity contribution >= 4 is 0 Å².